The second-order valence-corrected chi connectivity index (χ2v) is 17.6. The van der Waals surface area contributed by atoms with Crippen LogP contribution >= 0.6 is 0 Å². The van der Waals surface area contributed by atoms with Crippen molar-refractivity contribution in [2.45, 2.75) is 148 Å². The van der Waals surface area contributed by atoms with Gasteiger partial charge >= 0.3 is 5.97 Å². The number of methoxy groups -OCH3 is 1. The zero-order chi connectivity index (χ0) is 42.2. The second-order valence-electron chi connectivity index (χ2n) is 17.6. The third kappa shape index (κ3) is 11.3. The first-order chi connectivity index (χ1) is 27.0. The minimum atomic E-state index is -2.55. The Morgan fingerprint density at radius 1 is 0.965 bits per heavy atom. The summed E-state index contributed by atoms with van der Waals surface area (Å²) in [6.07, 6.45) is 5.23. The number of esters is 1. The van der Waals surface area contributed by atoms with E-state index in [1.54, 1.807) is 26.8 Å². The predicted molar refractivity (Wildman–Crippen MR) is 212 cm³/mol. The highest BCUT2D eigenvalue weighted by Gasteiger charge is 2.56. The molecular weight excluding hydrogens is 734 g/mol. The van der Waals surface area contributed by atoms with Crippen molar-refractivity contribution in [1.82, 2.24) is 4.90 Å². The summed E-state index contributed by atoms with van der Waals surface area (Å²) in [7, 11) is 1.50. The Morgan fingerprint density at radius 3 is 2.32 bits per heavy atom. The maximum absolute atomic E-state index is 14.3. The van der Waals surface area contributed by atoms with Gasteiger partial charge in [0.15, 0.2) is 5.78 Å². The van der Waals surface area contributed by atoms with Gasteiger partial charge in [-0.25, -0.2) is 4.79 Å². The number of piperidine rings is 1. The lowest BCUT2D eigenvalue weighted by atomic mass is 9.78. The van der Waals surface area contributed by atoms with E-state index in [0.29, 0.717) is 62.5 Å². The molecule has 1 saturated carbocycles. The second kappa shape index (κ2) is 21.0. The van der Waals surface area contributed by atoms with Gasteiger partial charge in [-0.1, -0.05) is 45.9 Å². The van der Waals surface area contributed by atoms with Gasteiger partial charge < -0.3 is 44.6 Å². The Balaban J connectivity index is 1.78. The zero-order valence-electron chi connectivity index (χ0n) is 34.9. The minimum Gasteiger partial charge on any atom is -0.456 e. The van der Waals surface area contributed by atoms with E-state index < -0.39 is 77.8 Å². The molecule has 2 saturated heterocycles. The summed E-state index contributed by atoms with van der Waals surface area (Å²) in [5.74, 6) is -8.45. The molecule has 3 heterocycles. The molecule has 3 aliphatic heterocycles. The fourth-order valence-electron chi connectivity index (χ4n) is 9.67. The number of nitrogens with zero attached hydrogens (tertiary/aromatic N) is 1. The number of hydrogen-bond acceptors (Lipinski definition) is 12. The van der Waals surface area contributed by atoms with E-state index in [2.05, 4.69) is 6.58 Å². The topological polar surface area (TPSA) is 200 Å². The van der Waals surface area contributed by atoms with Gasteiger partial charge in [-0.2, -0.15) is 0 Å². The molecule has 57 heavy (non-hydrogen) atoms. The van der Waals surface area contributed by atoms with Gasteiger partial charge in [-0.15, -0.1) is 6.58 Å². The van der Waals surface area contributed by atoms with Gasteiger partial charge in [0.1, 0.15) is 12.1 Å². The summed E-state index contributed by atoms with van der Waals surface area (Å²) in [5.41, 5.74) is 1.12. The lowest BCUT2D eigenvalue weighted by molar-refractivity contribution is -0.294. The third-order valence-corrected chi connectivity index (χ3v) is 13.1. The molecule has 4 rings (SSSR count). The zero-order valence-corrected chi connectivity index (χ0v) is 34.9. The van der Waals surface area contributed by atoms with E-state index in [-0.39, 0.29) is 68.5 Å². The molecular formula is C44H69NO12. The highest BCUT2D eigenvalue weighted by molar-refractivity contribution is 6.39. The van der Waals surface area contributed by atoms with Crippen LogP contribution in [0.4, 0.5) is 0 Å². The van der Waals surface area contributed by atoms with Crippen molar-refractivity contribution < 1.29 is 58.9 Å². The van der Waals surface area contributed by atoms with Gasteiger partial charge in [0, 0.05) is 57.0 Å². The SMILES string of the molecule is C=CC/C1=C\C(C)C[C@H](C)C[C@H](OC)C2O[C@@](O)(C(=O)C(=O)N3CCCC[C@H]3C(=O)O[C@H](C(C)=C[C@@H]3CC[C@@H](O)[C@H](CO)C3)[C@H](C)[C@@H](O)CC1=O)[C@H](C)C[C@@H]2CO. The van der Waals surface area contributed by atoms with Crippen molar-refractivity contribution in [2.75, 3.05) is 26.9 Å². The first-order valence-electron chi connectivity index (χ1n) is 21.1. The molecule has 3 fully saturated rings. The molecule has 322 valence electrons. The maximum atomic E-state index is 14.3. The van der Waals surface area contributed by atoms with Crippen LogP contribution in [0, 0.1) is 41.4 Å². The van der Waals surface area contributed by atoms with Crippen molar-refractivity contribution >= 4 is 23.4 Å². The number of hydrogen-bond donors (Lipinski definition) is 5. The first kappa shape index (κ1) is 46.9. The summed E-state index contributed by atoms with van der Waals surface area (Å²) in [5, 5.41) is 54.3. The summed E-state index contributed by atoms with van der Waals surface area (Å²) in [4.78, 5) is 57.7. The molecule has 13 heteroatoms. The standard InChI is InChI=1S/C44H69NO12/c1-8-11-31-17-25(2)16-26(3)18-38(55-7)40-33(24-47)20-28(5)44(54,57-40)41(51)42(52)45-15-10-9-12-34(45)43(53)56-39(29(6)36(49)22-37(31)50)27(4)19-30-13-14-35(48)32(21-30)23-46/h8,17,19,25-26,28-30,32-36,38-40,46-49,54H,1,9-16,18,20-24H2,2-7H3/b27-19?,31-17+/t25?,26-,28+,29+,30-,32-,33+,34-,35+,36-,38-,39+,40?,44+/m0/s1. The molecule has 0 spiro atoms. The number of aliphatic hydroxyl groups excluding tert-OH is 4. The summed E-state index contributed by atoms with van der Waals surface area (Å²) in [6.45, 7) is 12.5. The number of carbonyl (C=O) groups excluding carboxylic acids is 4. The highest BCUT2D eigenvalue weighted by Crippen LogP contribution is 2.41. The van der Waals surface area contributed by atoms with E-state index in [1.807, 2.05) is 26.0 Å². The van der Waals surface area contributed by atoms with Crippen LogP contribution in [0.2, 0.25) is 0 Å². The molecule has 2 unspecified atom stereocenters. The van der Waals surface area contributed by atoms with Crippen LogP contribution in [-0.4, -0.2) is 123 Å². The van der Waals surface area contributed by atoms with Gasteiger partial charge in [-0.3, -0.25) is 14.4 Å². The number of aliphatic hydroxyl groups is 5. The van der Waals surface area contributed by atoms with Gasteiger partial charge in [0.25, 0.3) is 11.7 Å². The lowest BCUT2D eigenvalue weighted by Crippen LogP contribution is -2.63. The van der Waals surface area contributed by atoms with Crippen molar-refractivity contribution in [3.8, 4) is 0 Å². The summed E-state index contributed by atoms with van der Waals surface area (Å²) < 4.78 is 18.3. The van der Waals surface area contributed by atoms with E-state index in [4.69, 9.17) is 14.2 Å². The molecule has 0 aromatic heterocycles. The number of amides is 1. The van der Waals surface area contributed by atoms with E-state index in [0.717, 1.165) is 4.90 Å². The van der Waals surface area contributed by atoms with Gasteiger partial charge in [-0.05, 0) is 100 Å². The lowest BCUT2D eigenvalue weighted by Gasteiger charge is -2.47. The molecule has 4 aliphatic rings. The number of allylic oxidation sites excluding steroid dienone is 4. The molecule has 1 aliphatic carbocycles. The third-order valence-electron chi connectivity index (χ3n) is 13.1. The van der Waals surface area contributed by atoms with E-state index >= 15 is 0 Å². The number of rotatable bonds is 7. The monoisotopic (exact) mass is 803 g/mol. The van der Waals surface area contributed by atoms with E-state index in [1.165, 1.54) is 7.11 Å². The van der Waals surface area contributed by atoms with E-state index in [9.17, 15) is 44.7 Å². The van der Waals surface area contributed by atoms with Crippen molar-refractivity contribution in [3.63, 3.8) is 0 Å². The van der Waals surface area contributed by atoms with Crippen molar-refractivity contribution in [3.05, 3.63) is 36.0 Å². The van der Waals surface area contributed by atoms with Crippen LogP contribution in [0.15, 0.2) is 36.0 Å². The maximum Gasteiger partial charge on any atom is 0.329 e. The summed E-state index contributed by atoms with van der Waals surface area (Å²) in [6, 6.07) is -1.17. The van der Waals surface area contributed by atoms with Crippen LogP contribution in [0.5, 0.6) is 0 Å². The number of ketones is 2. The number of cyclic esters (lactones) is 1. The Kier molecular flexibility index (Phi) is 17.2. The van der Waals surface area contributed by atoms with Crippen LogP contribution in [0.1, 0.15) is 105 Å². The number of carbonyl (C=O) groups is 4. The Morgan fingerprint density at radius 2 is 1.67 bits per heavy atom. The molecule has 14 atom stereocenters. The van der Waals surface area contributed by atoms with Crippen LogP contribution in [0.3, 0.4) is 0 Å². The summed E-state index contributed by atoms with van der Waals surface area (Å²) >= 11 is 0. The largest absolute Gasteiger partial charge is 0.456 e. The van der Waals surface area contributed by atoms with Crippen molar-refractivity contribution in [2.24, 2.45) is 41.4 Å². The average molecular weight is 804 g/mol. The minimum absolute atomic E-state index is 0.00148. The molecule has 0 aromatic carbocycles. The number of fused-ring (bicyclic) bond motifs is 3. The fourth-order valence-corrected chi connectivity index (χ4v) is 9.67. The van der Waals surface area contributed by atoms with Gasteiger partial charge in [0.05, 0.1) is 24.4 Å². The van der Waals surface area contributed by atoms with Crippen LogP contribution in [0.25, 0.3) is 0 Å². The number of Topliss-reactive ketones (excluding diaryl/α,β-unsaturated/α-hetero) is 2. The van der Waals surface area contributed by atoms with Crippen molar-refractivity contribution in [1.29, 1.82) is 0 Å². The van der Waals surface area contributed by atoms with Gasteiger partial charge in [0.2, 0.25) is 5.79 Å². The molecule has 2 bridgehead atoms. The average Bonchev–Trinajstić information content (AvgIpc) is 3.18. The predicted octanol–water partition coefficient (Wildman–Crippen LogP) is 3.83. The molecule has 0 radical (unpaired) electrons. The Hall–Kier alpha value is -2.78. The Labute approximate surface area is 338 Å². The molecule has 13 nitrogen and oxygen atoms in total. The smallest absolute Gasteiger partial charge is 0.329 e. The van der Waals surface area contributed by atoms with Crippen LogP contribution < -0.4 is 0 Å². The molecule has 1 amide bonds. The normalized spacial score (nSPS) is 41.0. The fraction of sp³-hybridized carbons (Fsp3) is 0.773. The molecule has 5 N–H and O–H groups in total. The quantitative estimate of drug-likeness (QED) is 0.142. The highest BCUT2D eigenvalue weighted by atomic mass is 16.7. The molecule has 0 aromatic rings. The first-order valence-corrected chi connectivity index (χ1v) is 21.1. The Bertz CT molecular complexity index is 1480. The number of ether oxygens (including phenoxy) is 3. The van der Waals surface area contributed by atoms with Crippen LogP contribution in [-0.2, 0) is 33.4 Å².